The minimum atomic E-state index is -1.38. The van der Waals surface area contributed by atoms with E-state index in [2.05, 4.69) is 4.98 Å². The molecule has 0 bridgehead atoms. The lowest BCUT2D eigenvalue weighted by Crippen LogP contribution is -2.33. The molecule has 0 saturated heterocycles. The Labute approximate surface area is 130 Å². The summed E-state index contributed by atoms with van der Waals surface area (Å²) in [4.78, 5) is 27.6. The highest BCUT2D eigenvalue weighted by Gasteiger charge is 2.19. The molecule has 1 heterocycles. The predicted molar refractivity (Wildman–Crippen MR) is 78.7 cm³/mol. The first-order valence-electron chi connectivity index (χ1n) is 6.62. The van der Waals surface area contributed by atoms with Crippen molar-refractivity contribution in [3.05, 3.63) is 52.2 Å². The highest BCUT2D eigenvalue weighted by atomic mass is 19.1. The number of nitrogens with zero attached hydrogens (tertiary/aromatic N) is 2. The van der Waals surface area contributed by atoms with Crippen molar-refractivity contribution < 1.29 is 23.8 Å². The van der Waals surface area contributed by atoms with E-state index in [4.69, 9.17) is 14.6 Å². The molecule has 0 spiro atoms. The lowest BCUT2D eigenvalue weighted by molar-refractivity contribution is -0.111. The van der Waals surface area contributed by atoms with Crippen LogP contribution < -0.4 is 5.56 Å². The van der Waals surface area contributed by atoms with Crippen molar-refractivity contribution in [3.8, 4) is 11.4 Å². The summed E-state index contributed by atoms with van der Waals surface area (Å²) in [6.07, 6.45) is 0.215. The van der Waals surface area contributed by atoms with Crippen LogP contribution in [0.3, 0.4) is 0 Å². The quantitative estimate of drug-likeness (QED) is 0.808. The van der Waals surface area contributed by atoms with Crippen molar-refractivity contribution in [2.75, 3.05) is 14.2 Å². The molecule has 1 N–H and O–H groups in total. The molecule has 122 valence electrons. The van der Waals surface area contributed by atoms with Gasteiger partial charge in [-0.2, -0.15) is 0 Å². The van der Waals surface area contributed by atoms with E-state index in [1.807, 2.05) is 0 Å². The molecule has 8 heteroatoms. The maximum absolute atomic E-state index is 13.1. The van der Waals surface area contributed by atoms with Gasteiger partial charge in [-0.05, 0) is 24.3 Å². The fourth-order valence-electron chi connectivity index (χ4n) is 2.03. The van der Waals surface area contributed by atoms with Gasteiger partial charge in [0, 0.05) is 26.0 Å². The molecule has 0 aliphatic heterocycles. The lowest BCUT2D eigenvalue weighted by Gasteiger charge is -2.18. The minimum absolute atomic E-state index is 0.0628. The Kier molecular flexibility index (Phi) is 5.20. The first-order valence-corrected chi connectivity index (χ1v) is 6.62. The first kappa shape index (κ1) is 16.8. The van der Waals surface area contributed by atoms with Crippen molar-refractivity contribution in [1.82, 2.24) is 9.55 Å². The molecular formula is C15H15FN2O5. The third-order valence-corrected chi connectivity index (χ3v) is 3.24. The second-order valence-electron chi connectivity index (χ2n) is 4.62. The number of rotatable bonds is 6. The van der Waals surface area contributed by atoms with Gasteiger partial charge < -0.3 is 14.6 Å². The number of benzene rings is 1. The van der Waals surface area contributed by atoms with E-state index < -0.39 is 29.2 Å². The van der Waals surface area contributed by atoms with Crippen LogP contribution in [0, 0.1) is 5.82 Å². The number of carboxylic acids is 1. The summed E-state index contributed by atoms with van der Waals surface area (Å²) in [7, 11) is 2.79. The Morgan fingerprint density at radius 3 is 2.43 bits per heavy atom. The lowest BCUT2D eigenvalue weighted by atomic mass is 10.2. The summed E-state index contributed by atoms with van der Waals surface area (Å²) in [6, 6.07) is 5.34. The molecule has 0 saturated carbocycles. The van der Waals surface area contributed by atoms with Gasteiger partial charge in [0.2, 0.25) is 0 Å². The summed E-state index contributed by atoms with van der Waals surface area (Å²) in [5, 5.41) is 9.07. The number of halogens is 1. The summed E-state index contributed by atoms with van der Waals surface area (Å²) in [6.45, 7) is -0.0628. The number of ether oxygens (including phenoxy) is 2. The Morgan fingerprint density at radius 1 is 1.30 bits per heavy atom. The number of aromatic carboxylic acids is 1. The second-order valence-corrected chi connectivity index (χ2v) is 4.62. The summed E-state index contributed by atoms with van der Waals surface area (Å²) in [5.74, 6) is -1.62. The van der Waals surface area contributed by atoms with Gasteiger partial charge in [0.25, 0.3) is 5.56 Å². The summed E-state index contributed by atoms with van der Waals surface area (Å²) >= 11 is 0. The van der Waals surface area contributed by atoms with E-state index in [0.29, 0.717) is 5.56 Å². The Balaban J connectivity index is 2.61. The van der Waals surface area contributed by atoms with E-state index in [1.54, 1.807) is 0 Å². The number of aromatic nitrogens is 2. The van der Waals surface area contributed by atoms with Gasteiger partial charge in [0.15, 0.2) is 6.29 Å². The molecule has 0 unspecified atom stereocenters. The van der Waals surface area contributed by atoms with Gasteiger partial charge in [0.05, 0.1) is 6.54 Å². The van der Waals surface area contributed by atoms with Crippen molar-refractivity contribution in [2.45, 2.75) is 12.8 Å². The van der Waals surface area contributed by atoms with Gasteiger partial charge in [-0.3, -0.25) is 9.36 Å². The van der Waals surface area contributed by atoms with Gasteiger partial charge in [-0.15, -0.1) is 0 Å². The minimum Gasteiger partial charge on any atom is -0.477 e. The van der Waals surface area contributed by atoms with E-state index in [1.165, 1.54) is 38.5 Å². The third kappa shape index (κ3) is 3.61. The first-order chi connectivity index (χ1) is 11.0. The molecule has 0 aliphatic rings. The average molecular weight is 322 g/mol. The van der Waals surface area contributed by atoms with Crippen LogP contribution in [-0.4, -0.2) is 41.1 Å². The van der Waals surface area contributed by atoms with Crippen LogP contribution in [0.5, 0.6) is 0 Å². The summed E-state index contributed by atoms with van der Waals surface area (Å²) in [5.41, 5.74) is -0.751. The molecule has 0 atom stereocenters. The van der Waals surface area contributed by atoms with Crippen molar-refractivity contribution in [1.29, 1.82) is 0 Å². The topological polar surface area (TPSA) is 90.7 Å². The zero-order valence-corrected chi connectivity index (χ0v) is 12.5. The molecule has 7 nitrogen and oxygen atoms in total. The third-order valence-electron chi connectivity index (χ3n) is 3.24. The number of carboxylic acid groups (broad SMARTS) is 1. The Morgan fingerprint density at radius 2 is 1.91 bits per heavy atom. The largest absolute Gasteiger partial charge is 0.477 e. The van der Waals surface area contributed by atoms with Crippen LogP contribution >= 0.6 is 0 Å². The molecule has 2 aromatic rings. The van der Waals surface area contributed by atoms with Gasteiger partial charge in [-0.25, -0.2) is 14.2 Å². The van der Waals surface area contributed by atoms with Gasteiger partial charge in [-0.1, -0.05) is 0 Å². The molecule has 2 rings (SSSR count). The molecule has 1 aromatic heterocycles. The van der Waals surface area contributed by atoms with Crippen LogP contribution in [0.1, 0.15) is 10.4 Å². The molecule has 0 aliphatic carbocycles. The van der Waals surface area contributed by atoms with Crippen molar-refractivity contribution in [3.63, 3.8) is 0 Å². The average Bonchev–Trinajstić information content (AvgIpc) is 2.54. The zero-order valence-electron chi connectivity index (χ0n) is 12.5. The Bertz CT molecular complexity index is 753. The monoisotopic (exact) mass is 322 g/mol. The van der Waals surface area contributed by atoms with Gasteiger partial charge >= 0.3 is 5.97 Å². The number of hydrogen-bond donors (Lipinski definition) is 1. The van der Waals surface area contributed by atoms with Crippen LogP contribution in [0.25, 0.3) is 11.4 Å². The normalized spacial score (nSPS) is 11.0. The fourth-order valence-corrected chi connectivity index (χ4v) is 2.03. The maximum atomic E-state index is 13.1. The zero-order chi connectivity index (χ0) is 17.0. The van der Waals surface area contributed by atoms with Crippen LogP contribution in [-0.2, 0) is 16.0 Å². The predicted octanol–water partition coefficient (Wildman–Crippen LogP) is 1.37. The number of methoxy groups -OCH3 is 2. The smallest absolute Gasteiger partial charge is 0.342 e. The maximum Gasteiger partial charge on any atom is 0.342 e. The number of carbonyl (C=O) groups is 1. The van der Waals surface area contributed by atoms with Gasteiger partial charge in [0.1, 0.15) is 17.2 Å². The standard InChI is InChI=1S/C15H15FN2O5/c1-22-12(23-2)8-18-13(9-3-5-10(16)6-4-9)17-7-11(14(18)19)15(20)21/h3-7,12H,8H2,1-2H3,(H,20,21). The highest BCUT2D eigenvalue weighted by molar-refractivity contribution is 5.86. The SMILES string of the molecule is COC(Cn1c(-c2ccc(F)cc2)ncc(C(=O)O)c1=O)OC. The van der Waals surface area contributed by atoms with Crippen molar-refractivity contribution >= 4 is 5.97 Å². The van der Waals surface area contributed by atoms with Crippen LogP contribution in [0.4, 0.5) is 4.39 Å². The molecule has 0 radical (unpaired) electrons. The molecule has 1 aromatic carbocycles. The van der Waals surface area contributed by atoms with E-state index >= 15 is 0 Å². The van der Waals surface area contributed by atoms with Crippen LogP contribution in [0.15, 0.2) is 35.3 Å². The Hall–Kier alpha value is -2.58. The fraction of sp³-hybridized carbons (Fsp3) is 0.267. The van der Waals surface area contributed by atoms with E-state index in [9.17, 15) is 14.0 Å². The highest BCUT2D eigenvalue weighted by Crippen LogP contribution is 2.17. The molecule has 0 amide bonds. The van der Waals surface area contributed by atoms with Crippen molar-refractivity contribution in [2.24, 2.45) is 0 Å². The number of hydrogen-bond acceptors (Lipinski definition) is 5. The molecule has 23 heavy (non-hydrogen) atoms. The van der Waals surface area contributed by atoms with E-state index in [0.717, 1.165) is 10.8 Å². The van der Waals surface area contributed by atoms with E-state index in [-0.39, 0.29) is 12.4 Å². The van der Waals surface area contributed by atoms with Crippen LogP contribution in [0.2, 0.25) is 0 Å². The summed E-state index contributed by atoms with van der Waals surface area (Å²) < 4.78 is 24.3. The molecule has 0 fully saturated rings. The molecular weight excluding hydrogens is 307 g/mol. The second kappa shape index (κ2) is 7.12.